The molecule has 0 N–H and O–H groups in total. The number of halogens is 2. The van der Waals surface area contributed by atoms with Crippen molar-refractivity contribution in [3.05, 3.63) is 28.2 Å². The maximum absolute atomic E-state index is 5.84. The molecule has 13 heavy (non-hydrogen) atoms. The monoisotopic (exact) mass is 214 g/mol. The van der Waals surface area contributed by atoms with Crippen molar-refractivity contribution in [3.63, 3.8) is 0 Å². The van der Waals surface area contributed by atoms with Crippen LogP contribution in [0.4, 0.5) is 0 Å². The fourth-order valence-corrected chi connectivity index (χ4v) is 1.14. The van der Waals surface area contributed by atoms with E-state index in [-0.39, 0.29) is 0 Å². The molecule has 1 rings (SSSR count). The van der Waals surface area contributed by atoms with Crippen LogP contribution < -0.4 is 4.74 Å². The Balaban J connectivity index is 2.65. The maximum atomic E-state index is 5.84. The van der Waals surface area contributed by atoms with E-state index in [4.69, 9.17) is 34.4 Å². The molecule has 0 saturated heterocycles. The Bertz CT molecular complexity index is 328. The van der Waals surface area contributed by atoms with Crippen LogP contribution in [0.5, 0.6) is 5.75 Å². The Morgan fingerprint density at radius 2 is 2.15 bits per heavy atom. The van der Waals surface area contributed by atoms with Crippen LogP contribution >= 0.6 is 23.2 Å². The summed E-state index contributed by atoms with van der Waals surface area (Å²) < 4.78 is 5.30. The van der Waals surface area contributed by atoms with E-state index in [9.17, 15) is 0 Å². The first-order valence-corrected chi connectivity index (χ1v) is 4.51. The van der Waals surface area contributed by atoms with Gasteiger partial charge in [-0.25, -0.2) is 0 Å². The van der Waals surface area contributed by atoms with Crippen molar-refractivity contribution in [1.29, 1.82) is 0 Å². The van der Waals surface area contributed by atoms with Crippen molar-refractivity contribution in [2.24, 2.45) is 0 Å². The molecule has 68 valence electrons. The summed E-state index contributed by atoms with van der Waals surface area (Å²) in [7, 11) is 0. The Morgan fingerprint density at radius 3 is 2.85 bits per heavy atom. The molecule has 0 spiro atoms. The Kier molecular flexibility index (Phi) is 3.95. The van der Waals surface area contributed by atoms with Crippen LogP contribution in [-0.4, -0.2) is 6.61 Å². The zero-order valence-electron chi connectivity index (χ0n) is 6.89. The van der Waals surface area contributed by atoms with Gasteiger partial charge in [-0.05, 0) is 12.1 Å². The van der Waals surface area contributed by atoms with Gasteiger partial charge in [-0.2, -0.15) is 0 Å². The highest BCUT2D eigenvalue weighted by Crippen LogP contribution is 2.27. The molecule has 0 aliphatic heterocycles. The average Bonchev–Trinajstić information content (AvgIpc) is 2.11. The van der Waals surface area contributed by atoms with E-state index in [2.05, 4.69) is 5.92 Å². The van der Waals surface area contributed by atoms with Crippen LogP contribution in [0.1, 0.15) is 6.42 Å². The smallest absolute Gasteiger partial charge is 0.139 e. The van der Waals surface area contributed by atoms with Crippen molar-refractivity contribution < 1.29 is 4.74 Å². The molecule has 0 radical (unpaired) electrons. The minimum Gasteiger partial charge on any atom is -0.491 e. The van der Waals surface area contributed by atoms with Gasteiger partial charge in [0, 0.05) is 17.5 Å². The van der Waals surface area contributed by atoms with Gasteiger partial charge in [-0.15, -0.1) is 12.3 Å². The van der Waals surface area contributed by atoms with Crippen LogP contribution in [0.2, 0.25) is 10.0 Å². The molecule has 3 heteroatoms. The standard InChI is InChI=1S/C10H8Cl2O/c1-2-3-6-13-10-7-8(11)4-5-9(10)12/h1,4-5,7H,3,6H2. The van der Waals surface area contributed by atoms with Gasteiger partial charge in [0.05, 0.1) is 11.6 Å². The van der Waals surface area contributed by atoms with E-state index in [0.717, 1.165) is 0 Å². The zero-order chi connectivity index (χ0) is 9.68. The predicted octanol–water partition coefficient (Wildman–Crippen LogP) is 3.40. The topological polar surface area (TPSA) is 9.23 Å². The van der Waals surface area contributed by atoms with Crippen molar-refractivity contribution in [3.8, 4) is 18.1 Å². The third-order valence-corrected chi connectivity index (χ3v) is 1.94. The molecule has 0 aromatic heterocycles. The summed E-state index contributed by atoms with van der Waals surface area (Å²) in [6.45, 7) is 0.455. The molecule has 0 heterocycles. The number of terminal acetylenes is 1. The fraction of sp³-hybridized carbons (Fsp3) is 0.200. The summed E-state index contributed by atoms with van der Waals surface area (Å²) in [5.41, 5.74) is 0. The van der Waals surface area contributed by atoms with E-state index >= 15 is 0 Å². The number of hydrogen-bond acceptors (Lipinski definition) is 1. The van der Waals surface area contributed by atoms with Crippen LogP contribution in [-0.2, 0) is 0 Å². The Morgan fingerprint density at radius 1 is 1.38 bits per heavy atom. The van der Waals surface area contributed by atoms with Gasteiger partial charge in [0.1, 0.15) is 5.75 Å². The normalized spacial score (nSPS) is 9.31. The highest BCUT2D eigenvalue weighted by atomic mass is 35.5. The molecule has 0 saturated carbocycles. The van der Waals surface area contributed by atoms with Crippen molar-refractivity contribution in [1.82, 2.24) is 0 Å². The van der Waals surface area contributed by atoms with E-state index in [1.54, 1.807) is 18.2 Å². The van der Waals surface area contributed by atoms with Crippen molar-refractivity contribution in [2.45, 2.75) is 6.42 Å². The highest BCUT2D eigenvalue weighted by molar-refractivity contribution is 6.34. The van der Waals surface area contributed by atoms with Gasteiger partial charge >= 0.3 is 0 Å². The van der Waals surface area contributed by atoms with Crippen LogP contribution in [0.25, 0.3) is 0 Å². The van der Waals surface area contributed by atoms with E-state index < -0.39 is 0 Å². The van der Waals surface area contributed by atoms with E-state index in [0.29, 0.717) is 28.8 Å². The summed E-state index contributed by atoms with van der Waals surface area (Å²) in [6.07, 6.45) is 5.63. The van der Waals surface area contributed by atoms with Crippen LogP contribution in [0.3, 0.4) is 0 Å². The van der Waals surface area contributed by atoms with Gasteiger partial charge < -0.3 is 4.74 Å². The highest BCUT2D eigenvalue weighted by Gasteiger charge is 2.01. The van der Waals surface area contributed by atoms with Crippen LogP contribution in [0, 0.1) is 12.3 Å². The quantitative estimate of drug-likeness (QED) is 0.554. The summed E-state index contributed by atoms with van der Waals surface area (Å²) in [6, 6.07) is 5.06. The molecular weight excluding hydrogens is 207 g/mol. The van der Waals surface area contributed by atoms with Gasteiger partial charge in [-0.3, -0.25) is 0 Å². The zero-order valence-corrected chi connectivity index (χ0v) is 8.40. The lowest BCUT2D eigenvalue weighted by molar-refractivity contribution is 0.327. The second-order valence-electron chi connectivity index (χ2n) is 2.38. The summed E-state index contributed by atoms with van der Waals surface area (Å²) in [5.74, 6) is 3.04. The molecule has 0 aliphatic carbocycles. The first-order chi connectivity index (χ1) is 6.24. The molecular formula is C10H8Cl2O. The molecule has 0 atom stereocenters. The first kappa shape index (κ1) is 10.2. The number of hydrogen-bond donors (Lipinski definition) is 0. The van der Waals surface area contributed by atoms with Gasteiger partial charge in [0.25, 0.3) is 0 Å². The Hall–Kier alpha value is -0.840. The second kappa shape index (κ2) is 5.01. The molecule has 0 unspecified atom stereocenters. The molecule has 0 fully saturated rings. The van der Waals surface area contributed by atoms with Gasteiger partial charge in [-0.1, -0.05) is 23.2 Å². The molecule has 0 amide bonds. The summed E-state index contributed by atoms with van der Waals surface area (Å²) in [4.78, 5) is 0. The van der Waals surface area contributed by atoms with Gasteiger partial charge in [0.2, 0.25) is 0 Å². The van der Waals surface area contributed by atoms with Crippen molar-refractivity contribution in [2.75, 3.05) is 6.61 Å². The fourth-order valence-electron chi connectivity index (χ4n) is 0.808. The third kappa shape index (κ3) is 3.18. The third-order valence-electron chi connectivity index (χ3n) is 1.40. The SMILES string of the molecule is C#CCCOc1cc(Cl)ccc1Cl. The maximum Gasteiger partial charge on any atom is 0.139 e. The number of rotatable bonds is 3. The lowest BCUT2D eigenvalue weighted by Crippen LogP contribution is -1.96. The molecule has 0 bridgehead atoms. The summed E-state index contributed by atoms with van der Waals surface area (Å²) in [5, 5.41) is 1.14. The predicted molar refractivity (Wildman–Crippen MR) is 55.4 cm³/mol. The minimum absolute atomic E-state index is 0.455. The number of ether oxygens (including phenoxy) is 1. The second-order valence-corrected chi connectivity index (χ2v) is 3.22. The first-order valence-electron chi connectivity index (χ1n) is 3.75. The lowest BCUT2D eigenvalue weighted by atomic mass is 10.3. The minimum atomic E-state index is 0.455. The number of benzene rings is 1. The molecule has 1 aromatic carbocycles. The van der Waals surface area contributed by atoms with Crippen molar-refractivity contribution >= 4 is 23.2 Å². The average molecular weight is 215 g/mol. The van der Waals surface area contributed by atoms with E-state index in [1.807, 2.05) is 0 Å². The Labute approximate surface area is 87.6 Å². The van der Waals surface area contributed by atoms with E-state index in [1.165, 1.54) is 0 Å². The summed E-state index contributed by atoms with van der Waals surface area (Å²) >= 11 is 11.6. The van der Waals surface area contributed by atoms with Gasteiger partial charge in [0.15, 0.2) is 0 Å². The largest absolute Gasteiger partial charge is 0.491 e. The van der Waals surface area contributed by atoms with Crippen LogP contribution in [0.15, 0.2) is 18.2 Å². The lowest BCUT2D eigenvalue weighted by Gasteiger charge is -2.05. The molecule has 1 aromatic rings. The molecule has 1 nitrogen and oxygen atoms in total. The molecule has 0 aliphatic rings.